The standard InChI is InChI=1S/C13H12F2N2/c1-8-6-10(16)3-5-12(8)17-13-4-2-9(14)7-11(13)15/h2-7,17H,16H2,1H3. The summed E-state index contributed by atoms with van der Waals surface area (Å²) in [6, 6.07) is 8.67. The molecule has 0 bridgehead atoms. The molecule has 0 aliphatic rings. The maximum atomic E-state index is 13.4. The third-order valence-electron chi connectivity index (χ3n) is 2.45. The van der Waals surface area contributed by atoms with Crippen LogP contribution in [0.3, 0.4) is 0 Å². The smallest absolute Gasteiger partial charge is 0.149 e. The van der Waals surface area contributed by atoms with E-state index in [1.165, 1.54) is 12.1 Å². The fourth-order valence-electron chi connectivity index (χ4n) is 1.56. The van der Waals surface area contributed by atoms with Crippen molar-refractivity contribution in [1.82, 2.24) is 0 Å². The highest BCUT2D eigenvalue weighted by atomic mass is 19.1. The van der Waals surface area contributed by atoms with Gasteiger partial charge in [-0.15, -0.1) is 0 Å². The molecule has 0 aliphatic heterocycles. The van der Waals surface area contributed by atoms with Crippen molar-refractivity contribution in [2.75, 3.05) is 11.1 Å². The molecule has 4 heteroatoms. The molecule has 3 N–H and O–H groups in total. The van der Waals surface area contributed by atoms with Gasteiger partial charge in [-0.25, -0.2) is 8.78 Å². The molecule has 17 heavy (non-hydrogen) atoms. The van der Waals surface area contributed by atoms with Crippen LogP contribution in [0.5, 0.6) is 0 Å². The van der Waals surface area contributed by atoms with Crippen molar-refractivity contribution in [3.8, 4) is 0 Å². The number of nitrogens with two attached hydrogens (primary N) is 1. The zero-order chi connectivity index (χ0) is 12.4. The Morgan fingerprint density at radius 1 is 1.00 bits per heavy atom. The highest BCUT2D eigenvalue weighted by Crippen LogP contribution is 2.24. The van der Waals surface area contributed by atoms with Gasteiger partial charge in [0.2, 0.25) is 0 Å². The van der Waals surface area contributed by atoms with Crippen LogP contribution in [0.15, 0.2) is 36.4 Å². The number of hydrogen-bond acceptors (Lipinski definition) is 2. The molecule has 2 nitrogen and oxygen atoms in total. The minimum absolute atomic E-state index is 0.235. The topological polar surface area (TPSA) is 38.0 Å². The molecule has 0 aromatic heterocycles. The van der Waals surface area contributed by atoms with E-state index in [1.807, 2.05) is 6.92 Å². The second kappa shape index (κ2) is 4.41. The fourth-order valence-corrected chi connectivity index (χ4v) is 1.56. The van der Waals surface area contributed by atoms with Crippen molar-refractivity contribution in [1.29, 1.82) is 0 Å². The molecule has 2 rings (SSSR count). The quantitative estimate of drug-likeness (QED) is 0.779. The van der Waals surface area contributed by atoms with E-state index in [9.17, 15) is 8.78 Å². The summed E-state index contributed by atoms with van der Waals surface area (Å²) in [6.07, 6.45) is 0. The second-order valence-corrected chi connectivity index (χ2v) is 3.82. The van der Waals surface area contributed by atoms with Gasteiger partial charge in [-0.1, -0.05) is 0 Å². The number of aryl methyl sites for hydroxylation is 1. The monoisotopic (exact) mass is 234 g/mol. The van der Waals surface area contributed by atoms with E-state index in [1.54, 1.807) is 18.2 Å². The highest BCUT2D eigenvalue weighted by molar-refractivity contribution is 5.66. The molecule has 0 fully saturated rings. The number of nitrogens with one attached hydrogen (secondary N) is 1. The molecule has 0 heterocycles. The fraction of sp³-hybridized carbons (Fsp3) is 0.0769. The van der Waals surface area contributed by atoms with Gasteiger partial charge in [-0.2, -0.15) is 0 Å². The van der Waals surface area contributed by atoms with Gasteiger partial charge < -0.3 is 11.1 Å². The molecular formula is C13H12F2N2. The number of rotatable bonds is 2. The molecule has 0 unspecified atom stereocenters. The molecule has 0 spiro atoms. The molecule has 0 aliphatic carbocycles. The number of nitrogen functional groups attached to an aromatic ring is 1. The van der Waals surface area contributed by atoms with Crippen molar-refractivity contribution in [2.24, 2.45) is 0 Å². The van der Waals surface area contributed by atoms with E-state index >= 15 is 0 Å². The van der Waals surface area contributed by atoms with E-state index in [4.69, 9.17) is 5.73 Å². The average molecular weight is 234 g/mol. The molecule has 0 amide bonds. The summed E-state index contributed by atoms with van der Waals surface area (Å²) in [4.78, 5) is 0. The minimum Gasteiger partial charge on any atom is -0.399 e. The van der Waals surface area contributed by atoms with Crippen LogP contribution in [0.1, 0.15) is 5.56 Å². The Labute approximate surface area is 98.1 Å². The third-order valence-corrected chi connectivity index (χ3v) is 2.45. The van der Waals surface area contributed by atoms with Gasteiger partial charge in [-0.3, -0.25) is 0 Å². The molecular weight excluding hydrogens is 222 g/mol. The summed E-state index contributed by atoms with van der Waals surface area (Å²) in [5.74, 6) is -1.22. The maximum absolute atomic E-state index is 13.4. The number of halogens is 2. The first-order valence-electron chi connectivity index (χ1n) is 5.14. The summed E-state index contributed by atoms with van der Waals surface area (Å²) in [5, 5.41) is 2.90. The molecule has 0 atom stereocenters. The zero-order valence-electron chi connectivity index (χ0n) is 9.30. The van der Waals surface area contributed by atoms with Crippen molar-refractivity contribution >= 4 is 17.1 Å². The van der Waals surface area contributed by atoms with Crippen LogP contribution in [-0.2, 0) is 0 Å². The minimum atomic E-state index is -0.624. The van der Waals surface area contributed by atoms with Crippen molar-refractivity contribution < 1.29 is 8.78 Å². The Balaban J connectivity index is 2.31. The predicted octanol–water partition coefficient (Wildman–Crippen LogP) is 3.60. The van der Waals surface area contributed by atoms with Crippen LogP contribution in [0.2, 0.25) is 0 Å². The highest BCUT2D eigenvalue weighted by Gasteiger charge is 2.05. The zero-order valence-corrected chi connectivity index (χ0v) is 9.30. The number of hydrogen-bond donors (Lipinski definition) is 2. The SMILES string of the molecule is Cc1cc(N)ccc1Nc1ccc(F)cc1F. The van der Waals surface area contributed by atoms with Crippen molar-refractivity contribution in [2.45, 2.75) is 6.92 Å². The molecule has 2 aromatic carbocycles. The Bertz CT molecular complexity index is 504. The van der Waals surface area contributed by atoms with Crippen LogP contribution >= 0.6 is 0 Å². The molecule has 0 saturated carbocycles. The van der Waals surface area contributed by atoms with Crippen molar-refractivity contribution in [3.05, 3.63) is 53.6 Å². The van der Waals surface area contributed by atoms with Crippen LogP contribution in [-0.4, -0.2) is 0 Å². The van der Waals surface area contributed by atoms with E-state index in [2.05, 4.69) is 5.32 Å². The molecule has 2 aromatic rings. The van der Waals surface area contributed by atoms with Crippen LogP contribution in [0.25, 0.3) is 0 Å². The van der Waals surface area contributed by atoms with Gasteiger partial charge in [0.05, 0.1) is 5.69 Å². The lowest BCUT2D eigenvalue weighted by molar-refractivity contribution is 0.586. The molecule has 0 radical (unpaired) electrons. The van der Waals surface area contributed by atoms with Gasteiger partial charge in [0.1, 0.15) is 11.6 Å². The van der Waals surface area contributed by atoms with Crippen LogP contribution in [0.4, 0.5) is 25.8 Å². The Morgan fingerprint density at radius 3 is 2.35 bits per heavy atom. The maximum Gasteiger partial charge on any atom is 0.149 e. The van der Waals surface area contributed by atoms with E-state index in [0.717, 1.165) is 17.3 Å². The normalized spacial score (nSPS) is 10.3. The van der Waals surface area contributed by atoms with Gasteiger partial charge >= 0.3 is 0 Å². The summed E-state index contributed by atoms with van der Waals surface area (Å²) in [6.45, 7) is 1.86. The van der Waals surface area contributed by atoms with Crippen LogP contribution < -0.4 is 11.1 Å². The van der Waals surface area contributed by atoms with E-state index in [-0.39, 0.29) is 5.69 Å². The van der Waals surface area contributed by atoms with E-state index < -0.39 is 11.6 Å². The van der Waals surface area contributed by atoms with Crippen molar-refractivity contribution in [3.63, 3.8) is 0 Å². The summed E-state index contributed by atoms with van der Waals surface area (Å²) < 4.78 is 26.2. The molecule has 88 valence electrons. The second-order valence-electron chi connectivity index (χ2n) is 3.82. The largest absolute Gasteiger partial charge is 0.399 e. The first-order valence-corrected chi connectivity index (χ1v) is 5.14. The summed E-state index contributed by atoms with van der Waals surface area (Å²) in [5.41, 5.74) is 8.14. The number of benzene rings is 2. The summed E-state index contributed by atoms with van der Waals surface area (Å²) in [7, 11) is 0. The predicted molar refractivity (Wildman–Crippen MR) is 65.2 cm³/mol. The van der Waals surface area contributed by atoms with Gasteiger partial charge in [0.15, 0.2) is 0 Å². The van der Waals surface area contributed by atoms with Gasteiger partial charge in [-0.05, 0) is 42.8 Å². The Kier molecular flexibility index (Phi) is 2.95. The summed E-state index contributed by atoms with van der Waals surface area (Å²) >= 11 is 0. The number of anilines is 3. The van der Waals surface area contributed by atoms with Crippen LogP contribution in [0, 0.1) is 18.6 Å². The molecule has 0 saturated heterocycles. The third kappa shape index (κ3) is 2.53. The lowest BCUT2D eigenvalue weighted by Gasteiger charge is -2.10. The van der Waals surface area contributed by atoms with Gasteiger partial charge in [0.25, 0.3) is 0 Å². The lowest BCUT2D eigenvalue weighted by Crippen LogP contribution is -1.97. The van der Waals surface area contributed by atoms with E-state index in [0.29, 0.717) is 5.69 Å². The van der Waals surface area contributed by atoms with Gasteiger partial charge in [0, 0.05) is 17.4 Å². The first kappa shape index (κ1) is 11.4. The lowest BCUT2D eigenvalue weighted by atomic mass is 10.1. The Morgan fingerprint density at radius 2 is 1.71 bits per heavy atom. The first-order chi connectivity index (χ1) is 8.06. The Hall–Kier alpha value is -2.10. The average Bonchev–Trinajstić information content (AvgIpc) is 2.25.